The van der Waals surface area contributed by atoms with Crippen molar-refractivity contribution >= 4 is 22.0 Å². The number of rotatable bonds is 8. The Kier molecular flexibility index (Phi) is 7.84. The van der Waals surface area contributed by atoms with E-state index in [1.165, 1.54) is 19.2 Å². The Morgan fingerprint density at radius 1 is 1.06 bits per heavy atom. The number of methoxy groups -OCH3 is 1. The molecule has 31 heavy (non-hydrogen) atoms. The maximum absolute atomic E-state index is 12.8. The molecule has 1 saturated heterocycles. The Hall–Kier alpha value is -2.68. The first-order valence-corrected chi connectivity index (χ1v) is 11.8. The SMILES string of the molecule is COc1ccc(S(=O)(=O)N[C@@H](C)C(=O)N2CCN(C/C=C/c3ccccc3)CC2)cc1. The molecule has 1 heterocycles. The number of piperazine rings is 1. The number of ether oxygens (including phenoxy) is 1. The Morgan fingerprint density at radius 2 is 1.71 bits per heavy atom. The van der Waals surface area contributed by atoms with Gasteiger partial charge in [-0.3, -0.25) is 9.69 Å². The average Bonchev–Trinajstić information content (AvgIpc) is 2.79. The number of hydrogen-bond donors (Lipinski definition) is 1. The van der Waals surface area contributed by atoms with E-state index in [-0.39, 0.29) is 10.8 Å². The zero-order chi connectivity index (χ0) is 22.3. The van der Waals surface area contributed by atoms with Crippen LogP contribution in [0.4, 0.5) is 0 Å². The molecular weight excluding hydrogens is 414 g/mol. The van der Waals surface area contributed by atoms with Gasteiger partial charge in [-0.25, -0.2) is 8.42 Å². The maximum Gasteiger partial charge on any atom is 0.241 e. The highest BCUT2D eigenvalue weighted by molar-refractivity contribution is 7.89. The van der Waals surface area contributed by atoms with Gasteiger partial charge in [0, 0.05) is 32.7 Å². The molecule has 2 aromatic carbocycles. The van der Waals surface area contributed by atoms with Crippen LogP contribution in [0, 0.1) is 0 Å². The summed E-state index contributed by atoms with van der Waals surface area (Å²) in [4.78, 5) is 16.9. The fourth-order valence-corrected chi connectivity index (χ4v) is 4.63. The van der Waals surface area contributed by atoms with Crippen molar-refractivity contribution in [1.29, 1.82) is 0 Å². The largest absolute Gasteiger partial charge is 0.497 e. The van der Waals surface area contributed by atoms with Gasteiger partial charge in [0.05, 0.1) is 18.0 Å². The minimum Gasteiger partial charge on any atom is -0.497 e. The Morgan fingerprint density at radius 3 is 2.32 bits per heavy atom. The average molecular weight is 444 g/mol. The summed E-state index contributed by atoms with van der Waals surface area (Å²) < 4.78 is 32.7. The smallest absolute Gasteiger partial charge is 0.241 e. The highest BCUT2D eigenvalue weighted by Gasteiger charge is 2.28. The minimum atomic E-state index is -3.79. The molecule has 7 nitrogen and oxygen atoms in total. The van der Waals surface area contributed by atoms with Crippen LogP contribution in [0.15, 0.2) is 65.6 Å². The summed E-state index contributed by atoms with van der Waals surface area (Å²) >= 11 is 0. The molecular formula is C23H29N3O4S. The molecule has 1 fully saturated rings. The second-order valence-corrected chi connectivity index (χ2v) is 9.17. The van der Waals surface area contributed by atoms with Gasteiger partial charge in [0.25, 0.3) is 0 Å². The van der Waals surface area contributed by atoms with Crippen molar-refractivity contribution in [2.24, 2.45) is 0 Å². The highest BCUT2D eigenvalue weighted by atomic mass is 32.2. The number of carbonyl (C=O) groups is 1. The minimum absolute atomic E-state index is 0.1000. The molecule has 1 aliphatic heterocycles. The molecule has 0 spiro atoms. The second-order valence-electron chi connectivity index (χ2n) is 7.46. The van der Waals surface area contributed by atoms with Crippen molar-refractivity contribution in [3.63, 3.8) is 0 Å². The molecule has 1 atom stereocenters. The van der Waals surface area contributed by atoms with Crippen LogP contribution in [-0.4, -0.2) is 70.0 Å². The highest BCUT2D eigenvalue weighted by Crippen LogP contribution is 2.16. The molecule has 166 valence electrons. The maximum atomic E-state index is 12.8. The Bertz CT molecular complexity index is 983. The van der Waals surface area contributed by atoms with Gasteiger partial charge in [-0.05, 0) is 36.8 Å². The van der Waals surface area contributed by atoms with Gasteiger partial charge in [0.15, 0.2) is 0 Å². The van der Waals surface area contributed by atoms with Crippen molar-refractivity contribution in [1.82, 2.24) is 14.5 Å². The summed E-state index contributed by atoms with van der Waals surface area (Å²) in [7, 11) is -2.27. The third-order valence-corrected chi connectivity index (χ3v) is 6.79. The normalized spacial score (nSPS) is 16.4. The first-order valence-electron chi connectivity index (χ1n) is 10.3. The first kappa shape index (κ1) is 23.0. The zero-order valence-electron chi connectivity index (χ0n) is 17.9. The summed E-state index contributed by atoms with van der Waals surface area (Å²) in [5, 5.41) is 0. The van der Waals surface area contributed by atoms with Gasteiger partial charge in [0.2, 0.25) is 15.9 Å². The van der Waals surface area contributed by atoms with Crippen LogP contribution in [0.5, 0.6) is 5.75 Å². The molecule has 0 bridgehead atoms. The number of nitrogens with one attached hydrogen (secondary N) is 1. The van der Waals surface area contributed by atoms with Gasteiger partial charge < -0.3 is 9.64 Å². The van der Waals surface area contributed by atoms with Gasteiger partial charge in [-0.2, -0.15) is 4.72 Å². The van der Waals surface area contributed by atoms with Gasteiger partial charge in [-0.15, -0.1) is 0 Å². The molecule has 3 rings (SSSR count). The van der Waals surface area contributed by atoms with Gasteiger partial charge in [0.1, 0.15) is 5.75 Å². The van der Waals surface area contributed by atoms with E-state index in [4.69, 9.17) is 4.74 Å². The predicted octanol–water partition coefficient (Wildman–Crippen LogP) is 2.22. The van der Waals surface area contributed by atoms with Crippen LogP contribution >= 0.6 is 0 Å². The second kappa shape index (κ2) is 10.6. The third-order valence-electron chi connectivity index (χ3n) is 5.23. The monoisotopic (exact) mass is 443 g/mol. The van der Waals surface area contributed by atoms with Crippen LogP contribution in [0.2, 0.25) is 0 Å². The van der Waals surface area contributed by atoms with E-state index in [1.54, 1.807) is 24.0 Å². The molecule has 1 amide bonds. The lowest BCUT2D eigenvalue weighted by Gasteiger charge is -2.35. The first-order chi connectivity index (χ1) is 14.9. The molecule has 0 aromatic heterocycles. The lowest BCUT2D eigenvalue weighted by Crippen LogP contribution is -2.54. The molecule has 0 saturated carbocycles. The number of amides is 1. The van der Waals surface area contributed by atoms with Crippen LogP contribution in [0.1, 0.15) is 12.5 Å². The van der Waals surface area contributed by atoms with E-state index >= 15 is 0 Å². The molecule has 2 aromatic rings. The predicted molar refractivity (Wildman–Crippen MR) is 121 cm³/mol. The lowest BCUT2D eigenvalue weighted by molar-refractivity contribution is -0.134. The van der Waals surface area contributed by atoms with Crippen molar-refractivity contribution in [3.8, 4) is 5.75 Å². The summed E-state index contributed by atoms with van der Waals surface area (Å²) in [6, 6.07) is 15.4. The molecule has 1 N–H and O–H groups in total. The fourth-order valence-electron chi connectivity index (χ4n) is 3.43. The number of carbonyl (C=O) groups excluding carboxylic acids is 1. The summed E-state index contributed by atoms with van der Waals surface area (Å²) in [6.07, 6.45) is 4.21. The van der Waals surface area contributed by atoms with Crippen molar-refractivity contribution in [2.45, 2.75) is 17.9 Å². The van der Waals surface area contributed by atoms with Crippen molar-refractivity contribution in [2.75, 3.05) is 39.8 Å². The van der Waals surface area contributed by atoms with E-state index < -0.39 is 16.1 Å². The third kappa shape index (κ3) is 6.40. The number of nitrogens with zero attached hydrogens (tertiary/aromatic N) is 2. The van der Waals surface area contributed by atoms with E-state index in [0.29, 0.717) is 18.8 Å². The Labute approximate surface area is 184 Å². The molecule has 0 aliphatic carbocycles. The van der Waals surface area contributed by atoms with E-state index in [0.717, 1.165) is 25.2 Å². The Balaban J connectivity index is 1.48. The van der Waals surface area contributed by atoms with Crippen LogP contribution < -0.4 is 9.46 Å². The topological polar surface area (TPSA) is 78.9 Å². The van der Waals surface area contributed by atoms with Crippen LogP contribution in [0.3, 0.4) is 0 Å². The van der Waals surface area contributed by atoms with Crippen LogP contribution in [0.25, 0.3) is 6.08 Å². The van der Waals surface area contributed by atoms with Crippen molar-refractivity contribution < 1.29 is 17.9 Å². The molecule has 0 radical (unpaired) electrons. The number of hydrogen-bond acceptors (Lipinski definition) is 5. The fraction of sp³-hybridized carbons (Fsp3) is 0.348. The van der Waals surface area contributed by atoms with Gasteiger partial charge >= 0.3 is 0 Å². The van der Waals surface area contributed by atoms with Crippen molar-refractivity contribution in [3.05, 3.63) is 66.2 Å². The number of sulfonamides is 1. The molecule has 0 unspecified atom stereocenters. The standard InChI is InChI=1S/C23H29N3O4S/c1-19(24-31(28,29)22-12-10-21(30-2)11-13-22)23(27)26-17-15-25(16-18-26)14-6-9-20-7-4-3-5-8-20/h3-13,19,24H,14-18H2,1-2H3/b9-6+/t19-/m0/s1. The van der Waals surface area contributed by atoms with E-state index in [2.05, 4.69) is 33.9 Å². The quantitative estimate of drug-likeness (QED) is 0.677. The lowest BCUT2D eigenvalue weighted by atomic mass is 10.2. The summed E-state index contributed by atoms with van der Waals surface area (Å²) in [5.74, 6) is 0.358. The van der Waals surface area contributed by atoms with Gasteiger partial charge in [-0.1, -0.05) is 42.5 Å². The zero-order valence-corrected chi connectivity index (χ0v) is 18.7. The van der Waals surface area contributed by atoms with Crippen LogP contribution in [-0.2, 0) is 14.8 Å². The molecule has 1 aliphatic rings. The van der Waals surface area contributed by atoms with E-state index in [1.807, 2.05) is 18.2 Å². The summed E-state index contributed by atoms with van der Waals surface area (Å²) in [5.41, 5.74) is 1.16. The number of benzene rings is 2. The summed E-state index contributed by atoms with van der Waals surface area (Å²) in [6.45, 7) is 5.06. The molecule has 8 heteroatoms. The van der Waals surface area contributed by atoms with E-state index in [9.17, 15) is 13.2 Å².